The van der Waals surface area contributed by atoms with E-state index in [1.807, 2.05) is 0 Å². The van der Waals surface area contributed by atoms with Crippen molar-refractivity contribution in [3.63, 3.8) is 0 Å². The van der Waals surface area contributed by atoms with Crippen LogP contribution in [-0.2, 0) is 19.1 Å². The molecule has 0 spiro atoms. The van der Waals surface area contributed by atoms with Gasteiger partial charge in [0.2, 0.25) is 0 Å². The van der Waals surface area contributed by atoms with Gasteiger partial charge in [0.25, 0.3) is 0 Å². The summed E-state index contributed by atoms with van der Waals surface area (Å²) in [6, 6.07) is 0. The van der Waals surface area contributed by atoms with Crippen molar-refractivity contribution < 1.29 is 32.5 Å². The van der Waals surface area contributed by atoms with Gasteiger partial charge in [-0.05, 0) is 94.2 Å². The molecule has 5 nitrogen and oxygen atoms in total. The molecular formula is C31H52O5. The van der Waals surface area contributed by atoms with Crippen LogP contribution in [0.4, 0.5) is 0 Å². The number of ether oxygens (including phenoxy) is 2. The average Bonchev–Trinajstić information content (AvgIpc) is 3.53. The largest absolute Gasteiger partial charge is 0.462 e. The summed E-state index contributed by atoms with van der Waals surface area (Å²) < 4.78 is 41.7. The number of aliphatic hydroxyl groups is 1. The van der Waals surface area contributed by atoms with Gasteiger partial charge in [0.15, 0.2) is 0 Å². The second-order valence-corrected chi connectivity index (χ2v) is 12.5. The molecule has 6 atom stereocenters. The molecule has 0 bridgehead atoms. The molecule has 4 rings (SSSR count). The fourth-order valence-electron chi connectivity index (χ4n) is 8.05. The summed E-state index contributed by atoms with van der Waals surface area (Å²) in [5, 5.41) is 10.6. The third-order valence-corrected chi connectivity index (χ3v) is 9.56. The van der Waals surface area contributed by atoms with Crippen LogP contribution >= 0.6 is 0 Å². The number of carbonyl (C=O) groups excluding carboxylic acids is 2. The van der Waals surface area contributed by atoms with Crippen molar-refractivity contribution >= 4 is 11.9 Å². The van der Waals surface area contributed by atoms with Crippen molar-refractivity contribution in [1.82, 2.24) is 0 Å². The Hall–Kier alpha value is -1.62. The van der Waals surface area contributed by atoms with Crippen molar-refractivity contribution in [2.24, 2.45) is 22.7 Å². The first-order valence-corrected chi connectivity index (χ1v) is 14.0. The van der Waals surface area contributed by atoms with Gasteiger partial charge < -0.3 is 14.6 Å². The Morgan fingerprint density at radius 2 is 1.83 bits per heavy atom. The number of fused-ring (bicyclic) bond motifs is 1. The van der Waals surface area contributed by atoms with E-state index in [4.69, 9.17) is 15.0 Å². The van der Waals surface area contributed by atoms with E-state index in [9.17, 15) is 14.7 Å². The summed E-state index contributed by atoms with van der Waals surface area (Å²) in [4.78, 5) is 23.2. The Bertz CT molecular complexity index is 996. The number of hydrogen-bond acceptors (Lipinski definition) is 5. The summed E-state index contributed by atoms with van der Waals surface area (Å²) in [6.45, 7) is 2.27. The van der Waals surface area contributed by atoms with E-state index in [0.29, 0.717) is 37.5 Å². The predicted molar refractivity (Wildman–Crippen MR) is 145 cm³/mol. The highest BCUT2D eigenvalue weighted by atomic mass is 16.6. The second-order valence-electron chi connectivity index (χ2n) is 12.5. The van der Waals surface area contributed by atoms with Gasteiger partial charge in [-0.2, -0.15) is 0 Å². The zero-order chi connectivity index (χ0) is 29.3. The van der Waals surface area contributed by atoms with Crippen molar-refractivity contribution in [3.8, 4) is 0 Å². The van der Waals surface area contributed by atoms with E-state index in [1.54, 1.807) is 0 Å². The van der Waals surface area contributed by atoms with Crippen LogP contribution in [0.3, 0.4) is 0 Å². The maximum absolute atomic E-state index is 11.6. The lowest BCUT2D eigenvalue weighted by atomic mass is 9.59. The molecular weight excluding hydrogens is 452 g/mol. The first-order valence-electron chi connectivity index (χ1n) is 16.2. The summed E-state index contributed by atoms with van der Waals surface area (Å²) >= 11 is 0. The molecule has 0 radical (unpaired) electrons. The first kappa shape index (κ1) is 22.4. The Balaban J connectivity index is 0.00000308. The summed E-state index contributed by atoms with van der Waals surface area (Å²) in [7, 11) is 0. The minimum absolute atomic E-state index is 0. The highest BCUT2D eigenvalue weighted by Crippen LogP contribution is 2.70. The van der Waals surface area contributed by atoms with Gasteiger partial charge in [-0.25, -0.2) is 0 Å². The Morgan fingerprint density at radius 3 is 2.42 bits per heavy atom. The lowest BCUT2D eigenvalue weighted by Gasteiger charge is -2.45. The van der Waals surface area contributed by atoms with Gasteiger partial charge in [0.1, 0.15) is 12.2 Å². The first-order chi connectivity index (χ1) is 18.7. The van der Waals surface area contributed by atoms with Crippen LogP contribution in [0.15, 0.2) is 23.3 Å². The number of allylic oxidation sites excluding steroid dienone is 3. The standard InChI is InChI=1S/C31H48O5.2H2/c1-21(32)35-25-18-23(19-26(20-25)36-22(2)33)9-10-24-8-6-14-30(5)27(24)11-12-28(30)31(16-17-31)15-7-13-29(3,4)34;;/h9-10,25-28,34H,6-8,11-20H2,1-5H3;2*1H/b24-10+;;/t25-,26-,27?,28+,30+;;/m1../s1/i3D,4D3;2*1+1/t25-,26-,27?,28+,29?,30+;;. The van der Waals surface area contributed by atoms with Crippen molar-refractivity contribution in [2.75, 3.05) is 0 Å². The third kappa shape index (κ3) is 6.44. The fourth-order valence-corrected chi connectivity index (χ4v) is 8.05. The van der Waals surface area contributed by atoms with Crippen LogP contribution in [0, 0.1) is 22.7 Å². The zero-order valence-electron chi connectivity index (χ0n) is 26.4. The molecule has 206 valence electrons. The normalized spacial score (nSPS) is 38.0. The zero-order valence-corrected chi connectivity index (χ0v) is 22.4. The molecule has 0 heterocycles. The van der Waals surface area contributed by atoms with E-state index in [0.717, 1.165) is 31.3 Å². The van der Waals surface area contributed by atoms with E-state index in [-0.39, 0.29) is 44.3 Å². The van der Waals surface area contributed by atoms with E-state index < -0.39 is 19.4 Å². The van der Waals surface area contributed by atoms with Crippen LogP contribution in [-0.4, -0.2) is 34.9 Å². The van der Waals surface area contributed by atoms with E-state index in [1.165, 1.54) is 45.1 Å². The maximum atomic E-state index is 11.6. The highest BCUT2D eigenvalue weighted by molar-refractivity contribution is 5.67. The van der Waals surface area contributed by atoms with Crippen LogP contribution in [0.2, 0.25) is 0 Å². The van der Waals surface area contributed by atoms with Gasteiger partial charge in [0, 0.05) is 41.4 Å². The minimum atomic E-state index is -2.53. The Morgan fingerprint density at radius 1 is 1.14 bits per heavy atom. The number of rotatable bonds is 8. The van der Waals surface area contributed by atoms with Gasteiger partial charge in [-0.1, -0.05) is 36.6 Å². The van der Waals surface area contributed by atoms with E-state index in [2.05, 4.69) is 19.1 Å². The molecule has 36 heavy (non-hydrogen) atoms. The monoisotopic (exact) mass is 510 g/mol. The molecule has 0 aromatic rings. The molecule has 5 heteroatoms. The van der Waals surface area contributed by atoms with E-state index >= 15 is 0 Å². The van der Waals surface area contributed by atoms with Gasteiger partial charge in [0.05, 0.1) is 5.60 Å². The van der Waals surface area contributed by atoms with Crippen molar-refractivity contribution in [1.29, 1.82) is 0 Å². The lowest BCUT2D eigenvalue weighted by Crippen LogP contribution is -2.37. The van der Waals surface area contributed by atoms with Crippen LogP contribution in [0.5, 0.6) is 0 Å². The van der Waals surface area contributed by atoms with Crippen molar-refractivity contribution in [2.45, 2.75) is 136 Å². The molecule has 4 saturated carbocycles. The molecule has 4 aliphatic rings. The molecule has 1 N–H and O–H groups in total. The van der Waals surface area contributed by atoms with Gasteiger partial charge in [-0.15, -0.1) is 0 Å². The topological polar surface area (TPSA) is 72.8 Å². The molecule has 2 unspecified atom stereocenters. The summed E-state index contributed by atoms with van der Waals surface area (Å²) in [5.74, 6) is 0.478. The summed E-state index contributed by atoms with van der Waals surface area (Å²) in [5.41, 5.74) is 1.17. The summed E-state index contributed by atoms with van der Waals surface area (Å²) in [6.07, 6.45) is 15.6. The minimum Gasteiger partial charge on any atom is -0.462 e. The number of carbonyl (C=O) groups is 2. The van der Waals surface area contributed by atoms with Gasteiger partial charge in [-0.3, -0.25) is 9.59 Å². The molecule has 0 aromatic heterocycles. The number of esters is 2. The molecule has 0 amide bonds. The number of hydrogen-bond donors (Lipinski definition) is 1. The SMILES string of the molecule is [2HH].[2HH].[2H]CC(O)(CCCC1([C@H]2CCC3/C(=C/C=C4C[C@@H](OC(C)=O)C[C@H](OC(C)=O)C4)CCC[C@@]32C)CC1)C([2H])([2H])[2H]. The fraction of sp³-hybridized carbons (Fsp3) is 0.806. The smallest absolute Gasteiger partial charge is 0.302 e. The lowest BCUT2D eigenvalue weighted by molar-refractivity contribution is -0.154. The Kier molecular flexibility index (Phi) is 6.61. The molecule has 0 aromatic carbocycles. The quantitative estimate of drug-likeness (QED) is 0.346. The second kappa shape index (κ2) is 10.6. The molecule has 4 aliphatic carbocycles. The van der Waals surface area contributed by atoms with Crippen LogP contribution in [0.25, 0.3) is 0 Å². The molecule has 0 aliphatic heterocycles. The third-order valence-electron chi connectivity index (χ3n) is 9.56. The van der Waals surface area contributed by atoms with Gasteiger partial charge >= 0.3 is 11.9 Å². The highest BCUT2D eigenvalue weighted by Gasteiger charge is 2.60. The average molecular weight is 511 g/mol. The maximum Gasteiger partial charge on any atom is 0.302 e. The Labute approximate surface area is 226 Å². The van der Waals surface area contributed by atoms with Crippen molar-refractivity contribution in [3.05, 3.63) is 23.3 Å². The molecule has 0 saturated heterocycles. The predicted octanol–water partition coefficient (Wildman–Crippen LogP) is 7.32. The molecule has 4 fully saturated rings. The van der Waals surface area contributed by atoms with Crippen LogP contribution < -0.4 is 0 Å². The van der Waals surface area contributed by atoms with Crippen LogP contribution in [0.1, 0.15) is 126 Å².